The normalized spacial score (nSPS) is 16.2. The molecule has 0 bridgehead atoms. The number of hydrogen-bond acceptors (Lipinski definition) is 3. The summed E-state index contributed by atoms with van der Waals surface area (Å²) in [6.45, 7) is 2.94. The lowest BCUT2D eigenvalue weighted by Crippen LogP contribution is -2.38. The third kappa shape index (κ3) is 7.95. The van der Waals surface area contributed by atoms with Crippen molar-refractivity contribution in [2.45, 2.75) is 50.3 Å². The van der Waals surface area contributed by atoms with Crippen molar-refractivity contribution in [3.8, 4) is 0 Å². The fraction of sp³-hybridized carbons (Fsp3) is 0.600. The predicted octanol–water partition coefficient (Wildman–Crippen LogP) is 3.62. The molecule has 1 aliphatic rings. The Balaban J connectivity index is 1.54. The lowest BCUT2D eigenvalue weighted by molar-refractivity contribution is -0.125. The average Bonchev–Trinajstić information content (AvgIpc) is 2.64. The quantitative estimate of drug-likeness (QED) is 0.521. The highest BCUT2D eigenvalue weighted by Gasteiger charge is 2.17. The van der Waals surface area contributed by atoms with Gasteiger partial charge in [-0.1, -0.05) is 44.4 Å². The van der Waals surface area contributed by atoms with Crippen LogP contribution in [0.1, 0.15) is 45.4 Å². The Kier molecular flexibility index (Phi) is 8.87. The maximum absolute atomic E-state index is 12.1. The second-order valence-corrected chi connectivity index (χ2v) is 7.97. The Labute approximate surface area is 155 Å². The van der Waals surface area contributed by atoms with Crippen LogP contribution in [-0.4, -0.2) is 30.7 Å². The Bertz CT molecular complexity index is 530. The molecule has 0 heterocycles. The highest BCUT2D eigenvalue weighted by molar-refractivity contribution is 7.99. The molecule has 1 saturated carbocycles. The third-order valence-electron chi connectivity index (χ3n) is 4.64. The van der Waals surface area contributed by atoms with Gasteiger partial charge in [0, 0.05) is 36.1 Å². The third-order valence-corrected chi connectivity index (χ3v) is 5.91. The smallest absolute Gasteiger partial charge is 0.223 e. The monoisotopic (exact) mass is 362 g/mol. The first-order valence-corrected chi connectivity index (χ1v) is 10.4. The van der Waals surface area contributed by atoms with E-state index < -0.39 is 0 Å². The molecule has 5 heteroatoms. The first-order chi connectivity index (χ1) is 12.1. The van der Waals surface area contributed by atoms with E-state index in [0.717, 1.165) is 5.75 Å². The molecule has 1 aromatic rings. The fourth-order valence-electron chi connectivity index (χ4n) is 3.10. The molecule has 0 spiro atoms. The van der Waals surface area contributed by atoms with Crippen molar-refractivity contribution in [2.24, 2.45) is 11.8 Å². The predicted molar refractivity (Wildman–Crippen MR) is 104 cm³/mol. The number of hydrogen-bond donors (Lipinski definition) is 2. The molecule has 0 saturated heterocycles. The van der Waals surface area contributed by atoms with Gasteiger partial charge in [0.15, 0.2) is 0 Å². The number of rotatable bonds is 9. The molecule has 1 atom stereocenters. The van der Waals surface area contributed by atoms with Crippen molar-refractivity contribution >= 4 is 23.6 Å². The van der Waals surface area contributed by atoms with E-state index in [1.54, 1.807) is 11.8 Å². The standard InChI is InChI=1S/C20H30N2O2S/c1-16(15-25-18-10-6-3-7-11-18)20(24)22-13-12-21-19(23)14-17-8-4-2-5-9-17/h3,6-7,10-11,16-17H,2,4-5,8-9,12-15H2,1H3,(H,21,23)(H,22,24). The molecule has 1 fully saturated rings. The Morgan fingerprint density at radius 1 is 1.08 bits per heavy atom. The zero-order valence-corrected chi connectivity index (χ0v) is 15.9. The van der Waals surface area contributed by atoms with Crippen molar-refractivity contribution in [1.29, 1.82) is 0 Å². The van der Waals surface area contributed by atoms with E-state index in [4.69, 9.17) is 0 Å². The van der Waals surface area contributed by atoms with Crippen LogP contribution in [-0.2, 0) is 9.59 Å². The highest BCUT2D eigenvalue weighted by Crippen LogP contribution is 2.26. The van der Waals surface area contributed by atoms with E-state index in [-0.39, 0.29) is 17.7 Å². The molecule has 25 heavy (non-hydrogen) atoms. The largest absolute Gasteiger partial charge is 0.354 e. The van der Waals surface area contributed by atoms with Crippen LogP contribution in [0.5, 0.6) is 0 Å². The maximum Gasteiger partial charge on any atom is 0.223 e. The molecule has 2 amide bonds. The zero-order valence-electron chi connectivity index (χ0n) is 15.1. The summed E-state index contributed by atoms with van der Waals surface area (Å²) in [7, 11) is 0. The van der Waals surface area contributed by atoms with E-state index in [0.29, 0.717) is 25.4 Å². The van der Waals surface area contributed by atoms with Gasteiger partial charge in [-0.05, 0) is 30.9 Å². The van der Waals surface area contributed by atoms with Gasteiger partial charge in [-0.15, -0.1) is 11.8 Å². The number of carbonyl (C=O) groups excluding carboxylic acids is 2. The van der Waals surface area contributed by atoms with E-state index in [1.165, 1.54) is 37.0 Å². The summed E-state index contributed by atoms with van der Waals surface area (Å²) in [5.74, 6) is 1.42. The van der Waals surface area contributed by atoms with Gasteiger partial charge in [0.2, 0.25) is 11.8 Å². The molecule has 1 unspecified atom stereocenters. The minimum Gasteiger partial charge on any atom is -0.354 e. The van der Waals surface area contributed by atoms with Crippen molar-refractivity contribution in [2.75, 3.05) is 18.8 Å². The molecule has 2 N–H and O–H groups in total. The van der Waals surface area contributed by atoms with Crippen LogP contribution in [0.3, 0.4) is 0 Å². The summed E-state index contributed by atoms with van der Waals surface area (Å²) in [4.78, 5) is 25.2. The second kappa shape index (κ2) is 11.2. The second-order valence-electron chi connectivity index (χ2n) is 6.87. The minimum atomic E-state index is -0.0526. The molecule has 2 rings (SSSR count). The van der Waals surface area contributed by atoms with E-state index in [9.17, 15) is 9.59 Å². The van der Waals surface area contributed by atoms with Gasteiger partial charge < -0.3 is 10.6 Å². The zero-order chi connectivity index (χ0) is 17.9. The molecular formula is C20H30N2O2S. The number of nitrogens with one attached hydrogen (secondary N) is 2. The van der Waals surface area contributed by atoms with Gasteiger partial charge in [-0.25, -0.2) is 0 Å². The number of thioether (sulfide) groups is 1. The maximum atomic E-state index is 12.1. The highest BCUT2D eigenvalue weighted by atomic mass is 32.2. The molecule has 1 aromatic carbocycles. The van der Waals surface area contributed by atoms with Gasteiger partial charge in [0.05, 0.1) is 0 Å². The lowest BCUT2D eigenvalue weighted by atomic mass is 9.87. The van der Waals surface area contributed by atoms with E-state index >= 15 is 0 Å². The SMILES string of the molecule is CC(CSc1ccccc1)C(=O)NCCNC(=O)CC1CCCCC1. The summed E-state index contributed by atoms with van der Waals surface area (Å²) in [5.41, 5.74) is 0. The first kappa shape index (κ1) is 19.8. The van der Waals surface area contributed by atoms with Crippen molar-refractivity contribution in [3.05, 3.63) is 30.3 Å². The van der Waals surface area contributed by atoms with Crippen molar-refractivity contribution < 1.29 is 9.59 Å². The first-order valence-electron chi connectivity index (χ1n) is 9.37. The topological polar surface area (TPSA) is 58.2 Å². The van der Waals surface area contributed by atoms with Crippen LogP contribution in [0.25, 0.3) is 0 Å². The Morgan fingerprint density at radius 3 is 2.48 bits per heavy atom. The summed E-state index contributed by atoms with van der Waals surface area (Å²) in [6.07, 6.45) is 6.82. The average molecular weight is 363 g/mol. The summed E-state index contributed by atoms with van der Waals surface area (Å²) in [5, 5.41) is 5.83. The summed E-state index contributed by atoms with van der Waals surface area (Å²) < 4.78 is 0. The summed E-state index contributed by atoms with van der Waals surface area (Å²) >= 11 is 1.69. The lowest BCUT2D eigenvalue weighted by Gasteiger charge is -2.20. The number of benzene rings is 1. The Morgan fingerprint density at radius 2 is 1.76 bits per heavy atom. The minimum absolute atomic E-state index is 0.0463. The fourth-order valence-corrected chi connectivity index (χ4v) is 4.04. The number of amides is 2. The number of carbonyl (C=O) groups is 2. The van der Waals surface area contributed by atoms with Crippen LogP contribution < -0.4 is 10.6 Å². The van der Waals surface area contributed by atoms with Gasteiger partial charge >= 0.3 is 0 Å². The van der Waals surface area contributed by atoms with E-state index in [1.807, 2.05) is 25.1 Å². The molecule has 0 radical (unpaired) electrons. The molecule has 0 aromatic heterocycles. The van der Waals surface area contributed by atoms with Gasteiger partial charge in [0.1, 0.15) is 0 Å². The summed E-state index contributed by atoms with van der Waals surface area (Å²) in [6, 6.07) is 10.1. The van der Waals surface area contributed by atoms with Crippen LogP contribution >= 0.6 is 11.8 Å². The molecule has 4 nitrogen and oxygen atoms in total. The van der Waals surface area contributed by atoms with E-state index in [2.05, 4.69) is 22.8 Å². The molecule has 0 aliphatic heterocycles. The van der Waals surface area contributed by atoms with Crippen LogP contribution in [0, 0.1) is 11.8 Å². The van der Waals surface area contributed by atoms with Crippen LogP contribution in [0.15, 0.2) is 35.2 Å². The van der Waals surface area contributed by atoms with Gasteiger partial charge in [-0.2, -0.15) is 0 Å². The van der Waals surface area contributed by atoms with Gasteiger partial charge in [0.25, 0.3) is 0 Å². The van der Waals surface area contributed by atoms with Crippen LogP contribution in [0.2, 0.25) is 0 Å². The van der Waals surface area contributed by atoms with Crippen molar-refractivity contribution in [3.63, 3.8) is 0 Å². The van der Waals surface area contributed by atoms with Crippen molar-refractivity contribution in [1.82, 2.24) is 10.6 Å². The molecule has 138 valence electrons. The molecule has 1 aliphatic carbocycles. The Hall–Kier alpha value is -1.49. The van der Waals surface area contributed by atoms with Gasteiger partial charge in [-0.3, -0.25) is 9.59 Å². The molecular weight excluding hydrogens is 332 g/mol. The van der Waals surface area contributed by atoms with Crippen LogP contribution in [0.4, 0.5) is 0 Å².